The van der Waals surface area contributed by atoms with Crippen molar-refractivity contribution in [1.82, 2.24) is 5.32 Å². The topological polar surface area (TPSA) is 49.4 Å². The fourth-order valence-electron chi connectivity index (χ4n) is 1.88. The first-order chi connectivity index (χ1) is 8.31. The van der Waals surface area contributed by atoms with E-state index in [1.165, 1.54) is 4.90 Å². The van der Waals surface area contributed by atoms with Gasteiger partial charge in [0.1, 0.15) is 12.1 Å². The van der Waals surface area contributed by atoms with Crippen LogP contribution in [0.1, 0.15) is 13.8 Å². The van der Waals surface area contributed by atoms with Crippen molar-refractivity contribution in [3.05, 3.63) is 27.1 Å². The highest BCUT2D eigenvalue weighted by Gasteiger charge is 2.40. The lowest BCUT2D eigenvalue weighted by atomic mass is 10.00. The van der Waals surface area contributed by atoms with Crippen molar-refractivity contribution in [1.29, 1.82) is 0 Å². The van der Waals surface area contributed by atoms with Crippen LogP contribution in [0.15, 0.2) is 27.1 Å². The number of rotatable bonds is 1. The fraction of sp³-hybridized carbons (Fsp3) is 0.333. The molecule has 18 heavy (non-hydrogen) atoms. The lowest BCUT2D eigenvalue weighted by molar-refractivity contribution is -0.134. The Bertz CT molecular complexity index is 529. The molecule has 0 saturated carbocycles. The summed E-state index contributed by atoms with van der Waals surface area (Å²) in [6.45, 7) is 3.44. The van der Waals surface area contributed by atoms with Crippen LogP contribution in [0.5, 0.6) is 0 Å². The van der Waals surface area contributed by atoms with E-state index in [1.54, 1.807) is 13.8 Å². The van der Waals surface area contributed by atoms with Crippen molar-refractivity contribution in [2.24, 2.45) is 0 Å². The quantitative estimate of drug-likeness (QED) is 0.819. The molecule has 1 aromatic rings. The maximum Gasteiger partial charge on any atom is 0.252 e. The van der Waals surface area contributed by atoms with E-state index in [2.05, 4.69) is 37.2 Å². The van der Waals surface area contributed by atoms with Gasteiger partial charge in [-0.25, -0.2) is 0 Å². The van der Waals surface area contributed by atoms with E-state index in [1.807, 2.05) is 18.2 Å². The first-order valence-electron chi connectivity index (χ1n) is 5.39. The summed E-state index contributed by atoms with van der Waals surface area (Å²) < 4.78 is 1.64. The van der Waals surface area contributed by atoms with Crippen LogP contribution in [-0.2, 0) is 9.59 Å². The van der Waals surface area contributed by atoms with Crippen LogP contribution in [0.3, 0.4) is 0 Å². The van der Waals surface area contributed by atoms with Gasteiger partial charge in [-0.3, -0.25) is 14.5 Å². The number of hydrogen-bond acceptors (Lipinski definition) is 2. The van der Waals surface area contributed by atoms with Gasteiger partial charge in [0.15, 0.2) is 0 Å². The summed E-state index contributed by atoms with van der Waals surface area (Å²) in [5.41, 5.74) is -0.186. The molecule has 0 aromatic heterocycles. The molecule has 1 saturated heterocycles. The third-order valence-corrected chi connectivity index (χ3v) is 3.90. The molecule has 1 N–H and O–H groups in total. The molecule has 0 spiro atoms. The Labute approximate surface area is 122 Å². The number of anilines is 1. The summed E-state index contributed by atoms with van der Waals surface area (Å²) in [6.07, 6.45) is 0. The third-order valence-electron chi connectivity index (χ3n) is 2.73. The number of carbonyl (C=O) groups is 2. The van der Waals surface area contributed by atoms with E-state index < -0.39 is 5.54 Å². The minimum Gasteiger partial charge on any atom is -0.341 e. The zero-order valence-electron chi connectivity index (χ0n) is 9.96. The van der Waals surface area contributed by atoms with Crippen LogP contribution >= 0.6 is 31.9 Å². The summed E-state index contributed by atoms with van der Waals surface area (Å²) in [7, 11) is 0. The Kier molecular flexibility index (Phi) is 3.51. The smallest absolute Gasteiger partial charge is 0.252 e. The Hall–Kier alpha value is -0.880. The lowest BCUT2D eigenvalue weighted by Gasteiger charge is -2.37. The van der Waals surface area contributed by atoms with E-state index in [-0.39, 0.29) is 18.4 Å². The molecule has 1 fully saturated rings. The molecular formula is C12H12Br2N2O2. The van der Waals surface area contributed by atoms with Gasteiger partial charge in [0.05, 0.1) is 5.69 Å². The molecule has 1 aliphatic rings. The predicted octanol–water partition coefficient (Wildman–Crippen LogP) is 2.45. The Balaban J connectivity index is 2.46. The summed E-state index contributed by atoms with van der Waals surface area (Å²) >= 11 is 6.77. The van der Waals surface area contributed by atoms with Crippen molar-refractivity contribution in [2.45, 2.75) is 19.4 Å². The highest BCUT2D eigenvalue weighted by molar-refractivity contribution is 9.11. The fourth-order valence-corrected chi connectivity index (χ4v) is 2.69. The van der Waals surface area contributed by atoms with Gasteiger partial charge < -0.3 is 5.32 Å². The molecule has 0 aliphatic carbocycles. The Morgan fingerprint density at radius 1 is 1.28 bits per heavy atom. The Morgan fingerprint density at radius 2 is 1.94 bits per heavy atom. The second-order valence-corrected chi connectivity index (χ2v) is 6.43. The van der Waals surface area contributed by atoms with Gasteiger partial charge in [-0.2, -0.15) is 0 Å². The van der Waals surface area contributed by atoms with Crippen molar-refractivity contribution in [3.63, 3.8) is 0 Å². The number of carbonyl (C=O) groups excluding carboxylic acids is 2. The van der Waals surface area contributed by atoms with Gasteiger partial charge in [-0.1, -0.05) is 15.9 Å². The lowest BCUT2D eigenvalue weighted by Crippen LogP contribution is -2.64. The van der Waals surface area contributed by atoms with Crippen LogP contribution in [0.4, 0.5) is 5.69 Å². The number of amides is 2. The molecule has 1 heterocycles. The van der Waals surface area contributed by atoms with Crippen molar-refractivity contribution < 1.29 is 9.59 Å². The first kappa shape index (κ1) is 13.5. The molecule has 2 rings (SSSR count). The van der Waals surface area contributed by atoms with Crippen LogP contribution in [0.25, 0.3) is 0 Å². The van der Waals surface area contributed by atoms with Crippen LogP contribution in [0.2, 0.25) is 0 Å². The molecule has 6 heteroatoms. The molecule has 96 valence electrons. The van der Waals surface area contributed by atoms with E-state index in [9.17, 15) is 9.59 Å². The summed E-state index contributed by atoms with van der Waals surface area (Å²) in [5.74, 6) is -0.285. The van der Waals surface area contributed by atoms with E-state index >= 15 is 0 Å². The summed E-state index contributed by atoms with van der Waals surface area (Å²) in [5, 5.41) is 2.68. The van der Waals surface area contributed by atoms with Crippen molar-refractivity contribution in [3.8, 4) is 0 Å². The molecule has 4 nitrogen and oxygen atoms in total. The van der Waals surface area contributed by atoms with Crippen LogP contribution in [-0.4, -0.2) is 23.9 Å². The van der Waals surface area contributed by atoms with Crippen molar-refractivity contribution in [2.75, 3.05) is 11.4 Å². The molecule has 1 aromatic carbocycles. The number of nitrogens with one attached hydrogen (secondary N) is 1. The number of halogens is 2. The largest absolute Gasteiger partial charge is 0.341 e. The van der Waals surface area contributed by atoms with Gasteiger partial charge >= 0.3 is 0 Å². The Morgan fingerprint density at radius 3 is 2.61 bits per heavy atom. The monoisotopic (exact) mass is 374 g/mol. The predicted molar refractivity (Wildman–Crippen MR) is 76.4 cm³/mol. The highest BCUT2D eigenvalue weighted by atomic mass is 79.9. The highest BCUT2D eigenvalue weighted by Crippen LogP contribution is 2.32. The molecule has 0 bridgehead atoms. The SMILES string of the molecule is CC1(C)NC(=O)CN(c2cc(Br)ccc2Br)C1=O. The second-order valence-electron chi connectivity index (χ2n) is 4.66. The van der Waals surface area contributed by atoms with Gasteiger partial charge in [0.2, 0.25) is 5.91 Å². The average molecular weight is 376 g/mol. The zero-order chi connectivity index (χ0) is 13.5. The second kappa shape index (κ2) is 4.66. The third kappa shape index (κ3) is 2.44. The van der Waals surface area contributed by atoms with Gasteiger partial charge in [-0.05, 0) is 48.0 Å². The zero-order valence-corrected chi connectivity index (χ0v) is 13.1. The average Bonchev–Trinajstić information content (AvgIpc) is 2.26. The van der Waals surface area contributed by atoms with Gasteiger partial charge in [0, 0.05) is 8.95 Å². The normalized spacial score (nSPS) is 18.8. The molecule has 0 radical (unpaired) electrons. The molecule has 0 unspecified atom stereocenters. The standard InChI is InChI=1S/C12H12Br2N2O2/c1-12(2)11(18)16(6-10(17)15-12)9-5-7(13)3-4-8(9)14/h3-5H,6H2,1-2H3,(H,15,17). The van der Waals surface area contributed by atoms with Crippen molar-refractivity contribution >= 4 is 49.4 Å². The van der Waals surface area contributed by atoms with Crippen LogP contribution < -0.4 is 10.2 Å². The minimum atomic E-state index is -0.878. The maximum atomic E-state index is 12.3. The molecule has 0 atom stereocenters. The number of piperazine rings is 1. The van der Waals surface area contributed by atoms with Gasteiger partial charge in [-0.15, -0.1) is 0 Å². The van der Waals surface area contributed by atoms with Gasteiger partial charge in [0.25, 0.3) is 5.91 Å². The number of nitrogens with zero attached hydrogens (tertiary/aromatic N) is 1. The maximum absolute atomic E-state index is 12.3. The van der Waals surface area contributed by atoms with Crippen LogP contribution in [0, 0.1) is 0 Å². The number of hydrogen-bond donors (Lipinski definition) is 1. The summed E-state index contributed by atoms with van der Waals surface area (Å²) in [6, 6.07) is 5.52. The molecule has 2 amide bonds. The molecular weight excluding hydrogens is 364 g/mol. The van der Waals surface area contributed by atoms with E-state index in [0.29, 0.717) is 5.69 Å². The van der Waals surface area contributed by atoms with E-state index in [4.69, 9.17) is 0 Å². The van der Waals surface area contributed by atoms with E-state index in [0.717, 1.165) is 8.95 Å². The minimum absolute atomic E-state index is 0.0390. The summed E-state index contributed by atoms with van der Waals surface area (Å²) in [4.78, 5) is 25.5. The number of benzene rings is 1. The first-order valence-corrected chi connectivity index (χ1v) is 6.98. The molecule has 1 aliphatic heterocycles.